The van der Waals surface area contributed by atoms with Crippen molar-refractivity contribution in [2.75, 3.05) is 14.2 Å². The van der Waals surface area contributed by atoms with Crippen molar-refractivity contribution in [3.63, 3.8) is 0 Å². The minimum atomic E-state index is -0.926. The molecule has 4 nitrogen and oxygen atoms in total. The second-order valence-electron chi connectivity index (χ2n) is 4.62. The van der Waals surface area contributed by atoms with Gasteiger partial charge in [-0.25, -0.2) is 4.39 Å². The third-order valence-corrected chi connectivity index (χ3v) is 2.79. The summed E-state index contributed by atoms with van der Waals surface area (Å²) in [6, 6.07) is 2.78. The maximum Gasteiger partial charge on any atom is 0.304 e. The first-order valence-electron chi connectivity index (χ1n) is 5.46. The van der Waals surface area contributed by atoms with Crippen LogP contribution < -0.4 is 9.47 Å². The van der Waals surface area contributed by atoms with Gasteiger partial charge in [0, 0.05) is 11.0 Å². The molecule has 18 heavy (non-hydrogen) atoms. The third kappa shape index (κ3) is 2.72. The Kier molecular flexibility index (Phi) is 4.16. The fraction of sp³-hybridized carbons (Fsp3) is 0.462. The lowest BCUT2D eigenvalue weighted by Gasteiger charge is -2.26. The van der Waals surface area contributed by atoms with Gasteiger partial charge < -0.3 is 14.6 Å². The van der Waals surface area contributed by atoms with E-state index in [-0.39, 0.29) is 17.9 Å². The van der Waals surface area contributed by atoms with E-state index < -0.39 is 17.2 Å². The zero-order valence-electron chi connectivity index (χ0n) is 10.9. The Morgan fingerprint density at radius 1 is 1.28 bits per heavy atom. The molecule has 0 atom stereocenters. The van der Waals surface area contributed by atoms with Gasteiger partial charge in [-0.2, -0.15) is 0 Å². The van der Waals surface area contributed by atoms with Crippen LogP contribution in [-0.4, -0.2) is 25.3 Å². The first kappa shape index (κ1) is 14.3. The van der Waals surface area contributed by atoms with Crippen LogP contribution in [0.3, 0.4) is 0 Å². The molecule has 5 heteroatoms. The predicted octanol–water partition coefficient (Wildman–Crippen LogP) is 2.60. The quantitative estimate of drug-likeness (QED) is 0.879. The molecule has 0 fully saturated rings. The van der Waals surface area contributed by atoms with Gasteiger partial charge >= 0.3 is 5.97 Å². The number of ether oxygens (including phenoxy) is 2. The number of halogens is 1. The molecule has 1 rings (SSSR count). The second kappa shape index (κ2) is 5.25. The number of aliphatic carboxylic acids is 1. The van der Waals surface area contributed by atoms with E-state index in [0.29, 0.717) is 5.56 Å². The molecule has 0 aromatic heterocycles. The van der Waals surface area contributed by atoms with Gasteiger partial charge in [0.1, 0.15) is 0 Å². The molecule has 1 aromatic rings. The van der Waals surface area contributed by atoms with Gasteiger partial charge in [0.05, 0.1) is 20.6 Å². The van der Waals surface area contributed by atoms with Crippen molar-refractivity contribution in [2.24, 2.45) is 0 Å². The number of carboxylic acids is 1. The summed E-state index contributed by atoms with van der Waals surface area (Å²) < 4.78 is 23.7. The van der Waals surface area contributed by atoms with Gasteiger partial charge in [0.2, 0.25) is 0 Å². The van der Waals surface area contributed by atoms with Gasteiger partial charge in [-0.05, 0) is 6.07 Å². The highest BCUT2D eigenvalue weighted by molar-refractivity contribution is 5.69. The minimum absolute atomic E-state index is 0.00605. The highest BCUT2D eigenvalue weighted by Crippen LogP contribution is 2.41. The van der Waals surface area contributed by atoms with Crippen LogP contribution in [0, 0.1) is 5.82 Å². The van der Waals surface area contributed by atoms with E-state index in [0.717, 1.165) is 0 Å². The molecule has 0 heterocycles. The average Bonchev–Trinajstić information content (AvgIpc) is 2.26. The summed E-state index contributed by atoms with van der Waals surface area (Å²) in [6.07, 6.45) is -0.0852. The van der Waals surface area contributed by atoms with Gasteiger partial charge in [-0.3, -0.25) is 4.79 Å². The van der Waals surface area contributed by atoms with Crippen LogP contribution in [-0.2, 0) is 10.2 Å². The highest BCUT2D eigenvalue weighted by Gasteiger charge is 2.30. The molecular formula is C13H17FO4. The molecule has 1 N–H and O–H groups in total. The molecule has 100 valence electrons. The summed E-state index contributed by atoms with van der Waals surface area (Å²) in [7, 11) is 2.74. The number of rotatable bonds is 5. The zero-order chi connectivity index (χ0) is 13.9. The Bertz CT molecular complexity index is 455. The molecule has 0 bridgehead atoms. The fourth-order valence-corrected chi connectivity index (χ4v) is 1.94. The van der Waals surface area contributed by atoms with Crippen molar-refractivity contribution >= 4 is 5.97 Å². The average molecular weight is 256 g/mol. The molecule has 1 aromatic carbocycles. The van der Waals surface area contributed by atoms with Crippen molar-refractivity contribution < 1.29 is 23.8 Å². The van der Waals surface area contributed by atoms with Crippen molar-refractivity contribution in [1.29, 1.82) is 0 Å². The molecule has 0 spiro atoms. The van der Waals surface area contributed by atoms with Crippen LogP contribution in [0.5, 0.6) is 11.5 Å². The normalized spacial score (nSPS) is 11.2. The number of carboxylic acid groups (broad SMARTS) is 1. The summed E-state index contributed by atoms with van der Waals surface area (Å²) in [4.78, 5) is 10.9. The van der Waals surface area contributed by atoms with E-state index in [1.54, 1.807) is 13.8 Å². The number of benzene rings is 1. The minimum Gasteiger partial charge on any atom is -0.492 e. The van der Waals surface area contributed by atoms with E-state index in [2.05, 4.69) is 0 Å². The monoisotopic (exact) mass is 256 g/mol. The number of hydrogen-bond acceptors (Lipinski definition) is 3. The molecule has 0 radical (unpaired) electrons. The summed E-state index contributed by atoms with van der Waals surface area (Å²) in [6.45, 7) is 3.52. The van der Waals surface area contributed by atoms with Crippen LogP contribution >= 0.6 is 0 Å². The standard InChI is InChI=1S/C13H17FO4/c1-13(2,7-10(15)16)8-5-6-9(14)12(18-4)11(8)17-3/h5-6H,7H2,1-4H3,(H,15,16). The maximum absolute atomic E-state index is 13.5. The van der Waals surface area contributed by atoms with Crippen molar-refractivity contribution in [3.05, 3.63) is 23.5 Å². The fourth-order valence-electron chi connectivity index (χ4n) is 1.94. The Hall–Kier alpha value is -1.78. The van der Waals surface area contributed by atoms with Gasteiger partial charge in [0.15, 0.2) is 17.3 Å². The van der Waals surface area contributed by atoms with E-state index >= 15 is 0 Å². The van der Waals surface area contributed by atoms with Crippen LogP contribution in [0.1, 0.15) is 25.8 Å². The lowest BCUT2D eigenvalue weighted by atomic mass is 9.81. The Morgan fingerprint density at radius 3 is 2.28 bits per heavy atom. The molecule has 0 saturated carbocycles. The van der Waals surface area contributed by atoms with Crippen LogP contribution in [0.15, 0.2) is 12.1 Å². The third-order valence-electron chi connectivity index (χ3n) is 2.79. The first-order chi connectivity index (χ1) is 8.33. The predicted molar refractivity (Wildman–Crippen MR) is 64.8 cm³/mol. The Balaban J connectivity index is 3.36. The molecule has 0 aliphatic rings. The lowest BCUT2D eigenvalue weighted by Crippen LogP contribution is -2.22. The number of hydrogen-bond donors (Lipinski definition) is 1. The Labute approximate surface area is 105 Å². The summed E-state index contributed by atoms with van der Waals surface area (Å²) in [5.74, 6) is -1.23. The van der Waals surface area contributed by atoms with Crippen LogP contribution in [0.2, 0.25) is 0 Å². The van der Waals surface area contributed by atoms with Gasteiger partial charge in [-0.1, -0.05) is 19.9 Å². The van der Waals surface area contributed by atoms with E-state index in [1.165, 1.54) is 26.4 Å². The highest BCUT2D eigenvalue weighted by atomic mass is 19.1. The van der Waals surface area contributed by atoms with Gasteiger partial charge in [-0.15, -0.1) is 0 Å². The van der Waals surface area contributed by atoms with E-state index in [1.807, 2.05) is 0 Å². The summed E-state index contributed by atoms with van der Waals surface area (Å²) in [5, 5.41) is 8.91. The van der Waals surface area contributed by atoms with Gasteiger partial charge in [0.25, 0.3) is 0 Å². The topological polar surface area (TPSA) is 55.8 Å². The largest absolute Gasteiger partial charge is 0.492 e. The van der Waals surface area contributed by atoms with E-state index in [9.17, 15) is 9.18 Å². The first-order valence-corrected chi connectivity index (χ1v) is 5.46. The molecule has 0 saturated heterocycles. The number of carbonyl (C=O) groups is 1. The lowest BCUT2D eigenvalue weighted by molar-refractivity contribution is -0.138. The van der Waals surface area contributed by atoms with Crippen molar-refractivity contribution in [3.8, 4) is 11.5 Å². The van der Waals surface area contributed by atoms with Crippen LogP contribution in [0.25, 0.3) is 0 Å². The molecule has 0 aliphatic heterocycles. The molecule has 0 unspecified atom stereocenters. The van der Waals surface area contributed by atoms with Crippen LogP contribution in [0.4, 0.5) is 4.39 Å². The summed E-state index contributed by atoms with van der Waals surface area (Å²) in [5.41, 5.74) is -0.0799. The molecule has 0 amide bonds. The SMILES string of the molecule is COc1c(F)ccc(C(C)(C)CC(=O)O)c1OC. The summed E-state index contributed by atoms with van der Waals surface area (Å²) >= 11 is 0. The molecule has 0 aliphatic carbocycles. The van der Waals surface area contributed by atoms with Crippen molar-refractivity contribution in [1.82, 2.24) is 0 Å². The Morgan fingerprint density at radius 2 is 1.83 bits per heavy atom. The van der Waals surface area contributed by atoms with E-state index in [4.69, 9.17) is 14.6 Å². The maximum atomic E-state index is 13.5. The van der Waals surface area contributed by atoms with Crippen molar-refractivity contribution in [2.45, 2.75) is 25.7 Å². The zero-order valence-corrected chi connectivity index (χ0v) is 10.9. The molecular weight excluding hydrogens is 239 g/mol. The number of methoxy groups -OCH3 is 2. The smallest absolute Gasteiger partial charge is 0.304 e. The second-order valence-corrected chi connectivity index (χ2v) is 4.62.